The van der Waals surface area contributed by atoms with Gasteiger partial charge in [0.15, 0.2) is 0 Å². The van der Waals surface area contributed by atoms with E-state index in [1.165, 1.54) is 24.3 Å². The fraction of sp³-hybridized carbons (Fsp3) is 0.400. The minimum absolute atomic E-state index is 0.0541. The quantitative estimate of drug-likeness (QED) is 0.620. The number of hydrogen-bond acceptors (Lipinski definition) is 3. The zero-order valence-corrected chi connectivity index (χ0v) is 8.71. The van der Waals surface area contributed by atoms with Crippen LogP contribution in [-0.4, -0.2) is 12.8 Å². The number of benzene rings is 1. The minimum Gasteiger partial charge on any atom is -0.494 e. The van der Waals surface area contributed by atoms with Gasteiger partial charge < -0.3 is 4.74 Å². The average Bonchev–Trinajstić information content (AvgIpc) is 2.20. The number of nitrogens with one attached hydrogen (secondary N) is 1. The molecule has 1 aromatic rings. The summed E-state index contributed by atoms with van der Waals surface area (Å²) in [6.07, 6.45) is -4.41. The van der Waals surface area contributed by atoms with Crippen LogP contribution in [-0.2, 0) is 0 Å². The lowest BCUT2D eigenvalue weighted by Crippen LogP contribution is -2.38. The lowest BCUT2D eigenvalue weighted by Gasteiger charge is -2.19. The maximum absolute atomic E-state index is 12.5. The van der Waals surface area contributed by atoms with Crippen molar-refractivity contribution in [2.75, 3.05) is 6.61 Å². The summed E-state index contributed by atoms with van der Waals surface area (Å²) < 4.78 is 42.6. The first-order valence-corrected chi connectivity index (χ1v) is 4.74. The Morgan fingerprint density at radius 2 is 1.88 bits per heavy atom. The number of hydrogen-bond donors (Lipinski definition) is 2. The van der Waals surface area contributed by atoms with Crippen LogP contribution in [0.4, 0.5) is 13.2 Å². The fourth-order valence-electron chi connectivity index (χ4n) is 1.30. The Labute approximate surface area is 91.4 Å². The minimum atomic E-state index is -4.41. The molecule has 0 aliphatic rings. The highest BCUT2D eigenvalue weighted by Gasteiger charge is 2.39. The number of ether oxygens (including phenoxy) is 1. The van der Waals surface area contributed by atoms with Crippen LogP contribution in [0.2, 0.25) is 0 Å². The smallest absolute Gasteiger partial charge is 0.409 e. The first-order chi connectivity index (χ1) is 7.49. The summed E-state index contributed by atoms with van der Waals surface area (Å²) in [5, 5.41) is 0. The summed E-state index contributed by atoms with van der Waals surface area (Å²) in [4.78, 5) is 0. The molecule has 0 bridgehead atoms. The van der Waals surface area contributed by atoms with E-state index in [2.05, 4.69) is 0 Å². The molecule has 0 aliphatic carbocycles. The van der Waals surface area contributed by atoms with Crippen LogP contribution in [0.3, 0.4) is 0 Å². The molecule has 3 N–H and O–H groups in total. The fourth-order valence-corrected chi connectivity index (χ4v) is 1.30. The predicted molar refractivity (Wildman–Crippen MR) is 53.7 cm³/mol. The van der Waals surface area contributed by atoms with Gasteiger partial charge in [-0.25, -0.2) is 5.43 Å². The van der Waals surface area contributed by atoms with Crippen molar-refractivity contribution in [2.45, 2.75) is 19.1 Å². The highest BCUT2D eigenvalue weighted by Crippen LogP contribution is 2.32. The van der Waals surface area contributed by atoms with Crippen molar-refractivity contribution in [1.29, 1.82) is 0 Å². The van der Waals surface area contributed by atoms with Gasteiger partial charge >= 0.3 is 6.18 Å². The molecule has 0 spiro atoms. The zero-order valence-electron chi connectivity index (χ0n) is 8.71. The summed E-state index contributed by atoms with van der Waals surface area (Å²) in [7, 11) is 0. The molecule has 0 saturated carbocycles. The highest BCUT2D eigenvalue weighted by molar-refractivity contribution is 5.29. The average molecular weight is 234 g/mol. The summed E-state index contributed by atoms with van der Waals surface area (Å²) in [6.45, 7) is 2.27. The van der Waals surface area contributed by atoms with Crippen LogP contribution in [0.5, 0.6) is 5.75 Å². The van der Waals surface area contributed by atoms with E-state index in [-0.39, 0.29) is 5.56 Å². The number of rotatable bonds is 4. The van der Waals surface area contributed by atoms with Crippen molar-refractivity contribution in [3.05, 3.63) is 29.8 Å². The van der Waals surface area contributed by atoms with Crippen LogP contribution in [0.25, 0.3) is 0 Å². The largest absolute Gasteiger partial charge is 0.494 e. The standard InChI is InChI=1S/C10H13F3N2O/c1-2-16-8-5-3-7(4-6-8)9(15-14)10(11,12)13/h3-6,9,15H,2,14H2,1H3. The van der Waals surface area contributed by atoms with Gasteiger partial charge in [0.05, 0.1) is 6.61 Å². The van der Waals surface area contributed by atoms with Crippen LogP contribution in [0.1, 0.15) is 18.5 Å². The van der Waals surface area contributed by atoms with E-state index in [0.717, 1.165) is 0 Å². The van der Waals surface area contributed by atoms with E-state index >= 15 is 0 Å². The Bertz CT molecular complexity index is 324. The molecule has 3 nitrogen and oxygen atoms in total. The maximum atomic E-state index is 12.5. The monoisotopic (exact) mass is 234 g/mol. The molecule has 16 heavy (non-hydrogen) atoms. The van der Waals surface area contributed by atoms with Crippen molar-refractivity contribution < 1.29 is 17.9 Å². The number of alkyl halides is 3. The number of hydrazine groups is 1. The van der Waals surface area contributed by atoms with E-state index in [9.17, 15) is 13.2 Å². The maximum Gasteiger partial charge on any atom is 0.409 e. The number of halogens is 3. The Kier molecular flexibility index (Phi) is 4.14. The van der Waals surface area contributed by atoms with Gasteiger partial charge in [0.2, 0.25) is 0 Å². The lowest BCUT2D eigenvalue weighted by atomic mass is 10.1. The number of nitrogens with two attached hydrogens (primary N) is 1. The summed E-state index contributed by atoms with van der Waals surface area (Å²) >= 11 is 0. The van der Waals surface area contributed by atoms with E-state index < -0.39 is 12.2 Å². The Balaban J connectivity index is 2.87. The second-order valence-electron chi connectivity index (χ2n) is 3.14. The van der Waals surface area contributed by atoms with Crippen molar-refractivity contribution in [3.8, 4) is 5.75 Å². The summed E-state index contributed by atoms with van der Waals surface area (Å²) in [5.74, 6) is 5.42. The summed E-state index contributed by atoms with van der Waals surface area (Å²) in [5.41, 5.74) is 1.80. The molecule has 0 aliphatic heterocycles. The molecule has 1 unspecified atom stereocenters. The van der Waals surface area contributed by atoms with Crippen LogP contribution in [0.15, 0.2) is 24.3 Å². The van der Waals surface area contributed by atoms with Gasteiger partial charge in [-0.1, -0.05) is 12.1 Å². The van der Waals surface area contributed by atoms with Crippen LogP contribution in [0, 0.1) is 0 Å². The van der Waals surface area contributed by atoms with Gasteiger partial charge in [-0.2, -0.15) is 13.2 Å². The van der Waals surface area contributed by atoms with Crippen molar-refractivity contribution >= 4 is 0 Å². The first kappa shape index (κ1) is 12.8. The Hall–Kier alpha value is -1.27. The van der Waals surface area contributed by atoms with Gasteiger partial charge in [0.25, 0.3) is 0 Å². The van der Waals surface area contributed by atoms with Gasteiger partial charge in [-0.15, -0.1) is 0 Å². The van der Waals surface area contributed by atoms with E-state index in [4.69, 9.17) is 10.6 Å². The van der Waals surface area contributed by atoms with Gasteiger partial charge in [-0.05, 0) is 24.6 Å². The molecule has 6 heteroatoms. The van der Waals surface area contributed by atoms with E-state index in [0.29, 0.717) is 12.4 Å². The van der Waals surface area contributed by atoms with E-state index in [1.54, 1.807) is 12.3 Å². The predicted octanol–water partition coefficient (Wildman–Crippen LogP) is 2.15. The topological polar surface area (TPSA) is 47.3 Å². The van der Waals surface area contributed by atoms with Crippen LogP contribution >= 0.6 is 0 Å². The van der Waals surface area contributed by atoms with E-state index in [1.807, 2.05) is 0 Å². The lowest BCUT2D eigenvalue weighted by molar-refractivity contribution is -0.157. The molecule has 1 aromatic carbocycles. The molecule has 0 fully saturated rings. The molecule has 0 saturated heterocycles. The van der Waals surface area contributed by atoms with Gasteiger partial charge in [0, 0.05) is 0 Å². The second-order valence-corrected chi connectivity index (χ2v) is 3.14. The van der Waals surface area contributed by atoms with Gasteiger partial charge in [-0.3, -0.25) is 5.84 Å². The van der Waals surface area contributed by atoms with Crippen LogP contribution < -0.4 is 16.0 Å². The molecule has 0 heterocycles. The molecule has 0 radical (unpaired) electrons. The third kappa shape index (κ3) is 3.11. The second kappa shape index (κ2) is 5.18. The molecule has 0 amide bonds. The first-order valence-electron chi connectivity index (χ1n) is 4.74. The molecule has 0 aromatic heterocycles. The Morgan fingerprint density at radius 1 is 1.31 bits per heavy atom. The van der Waals surface area contributed by atoms with Crippen molar-refractivity contribution in [3.63, 3.8) is 0 Å². The molecule has 1 atom stereocenters. The third-order valence-corrected chi connectivity index (χ3v) is 2.02. The molecule has 1 rings (SSSR count). The molecule has 90 valence electrons. The normalized spacial score (nSPS) is 13.6. The SMILES string of the molecule is CCOc1ccc(C(NN)C(F)(F)F)cc1. The molecular formula is C10H13F3N2O. The zero-order chi connectivity index (χ0) is 12.2. The third-order valence-electron chi connectivity index (χ3n) is 2.02. The Morgan fingerprint density at radius 3 is 2.25 bits per heavy atom. The van der Waals surface area contributed by atoms with Crippen molar-refractivity contribution in [2.24, 2.45) is 5.84 Å². The highest BCUT2D eigenvalue weighted by atomic mass is 19.4. The van der Waals surface area contributed by atoms with Gasteiger partial charge in [0.1, 0.15) is 11.8 Å². The van der Waals surface area contributed by atoms with Crippen molar-refractivity contribution in [1.82, 2.24) is 5.43 Å². The molecular weight excluding hydrogens is 221 g/mol. The summed E-state index contributed by atoms with van der Waals surface area (Å²) in [6, 6.07) is 3.78.